The summed E-state index contributed by atoms with van der Waals surface area (Å²) in [6, 6.07) is 7.96. The SMILES string of the molecule is Fc1c(OC(F)F)cccc1-c1cccc(OC(F)(F)F)c1. The second-order valence-electron chi connectivity index (χ2n) is 4.07. The van der Waals surface area contributed by atoms with Crippen LogP contribution in [0, 0.1) is 5.82 Å². The van der Waals surface area contributed by atoms with Gasteiger partial charge in [0.15, 0.2) is 11.6 Å². The normalized spacial score (nSPS) is 11.6. The van der Waals surface area contributed by atoms with Crippen molar-refractivity contribution in [2.75, 3.05) is 0 Å². The number of halogens is 6. The fourth-order valence-electron chi connectivity index (χ4n) is 1.78. The third kappa shape index (κ3) is 4.06. The number of ether oxygens (including phenoxy) is 2. The number of benzene rings is 2. The first kappa shape index (κ1) is 16.0. The van der Waals surface area contributed by atoms with E-state index < -0.39 is 30.3 Å². The molecule has 0 aromatic heterocycles. The molecule has 0 amide bonds. The second kappa shape index (κ2) is 6.17. The van der Waals surface area contributed by atoms with Gasteiger partial charge in [-0.2, -0.15) is 8.78 Å². The van der Waals surface area contributed by atoms with Crippen molar-refractivity contribution in [3.8, 4) is 22.6 Å². The smallest absolute Gasteiger partial charge is 0.432 e. The van der Waals surface area contributed by atoms with Gasteiger partial charge in [-0.05, 0) is 23.8 Å². The second-order valence-corrected chi connectivity index (χ2v) is 4.07. The van der Waals surface area contributed by atoms with Crippen molar-refractivity contribution in [1.82, 2.24) is 0 Å². The Morgan fingerprint density at radius 2 is 1.64 bits per heavy atom. The fraction of sp³-hybridized carbons (Fsp3) is 0.143. The van der Waals surface area contributed by atoms with Crippen LogP contribution in [0.2, 0.25) is 0 Å². The molecule has 0 N–H and O–H groups in total. The van der Waals surface area contributed by atoms with E-state index in [1.807, 2.05) is 0 Å². The third-order valence-electron chi connectivity index (χ3n) is 2.56. The summed E-state index contributed by atoms with van der Waals surface area (Å²) in [4.78, 5) is 0. The largest absolute Gasteiger partial charge is 0.573 e. The van der Waals surface area contributed by atoms with Crippen molar-refractivity contribution in [2.24, 2.45) is 0 Å². The minimum Gasteiger partial charge on any atom is -0.432 e. The first-order valence-electron chi connectivity index (χ1n) is 5.86. The highest BCUT2D eigenvalue weighted by Gasteiger charge is 2.31. The lowest BCUT2D eigenvalue weighted by Gasteiger charge is -2.12. The van der Waals surface area contributed by atoms with Gasteiger partial charge in [-0.25, -0.2) is 4.39 Å². The lowest BCUT2D eigenvalue weighted by atomic mass is 10.0. The zero-order valence-electron chi connectivity index (χ0n) is 10.7. The number of rotatable bonds is 4. The van der Waals surface area contributed by atoms with Gasteiger partial charge in [0.05, 0.1) is 0 Å². The highest BCUT2D eigenvalue weighted by atomic mass is 19.4. The molecule has 2 aromatic rings. The molecule has 0 aliphatic rings. The Hall–Kier alpha value is -2.38. The molecule has 22 heavy (non-hydrogen) atoms. The summed E-state index contributed by atoms with van der Waals surface area (Å²) in [6.45, 7) is -3.22. The molecule has 2 nitrogen and oxygen atoms in total. The van der Waals surface area contributed by atoms with Gasteiger partial charge in [0, 0.05) is 5.56 Å². The van der Waals surface area contributed by atoms with Crippen molar-refractivity contribution < 1.29 is 35.8 Å². The lowest BCUT2D eigenvalue weighted by Crippen LogP contribution is -2.17. The summed E-state index contributed by atoms with van der Waals surface area (Å²) in [5.41, 5.74) is -0.162. The van der Waals surface area contributed by atoms with Crippen molar-refractivity contribution in [3.05, 3.63) is 48.3 Å². The van der Waals surface area contributed by atoms with E-state index in [9.17, 15) is 26.3 Å². The van der Waals surface area contributed by atoms with E-state index in [-0.39, 0.29) is 11.1 Å². The Bertz CT molecular complexity index is 654. The van der Waals surface area contributed by atoms with Crippen molar-refractivity contribution in [2.45, 2.75) is 13.0 Å². The highest BCUT2D eigenvalue weighted by molar-refractivity contribution is 5.67. The van der Waals surface area contributed by atoms with Crippen LogP contribution in [-0.4, -0.2) is 13.0 Å². The predicted octanol–water partition coefficient (Wildman–Crippen LogP) is 4.99. The van der Waals surface area contributed by atoms with Crippen LogP contribution in [-0.2, 0) is 0 Å². The molecular formula is C14H8F6O2. The van der Waals surface area contributed by atoms with E-state index in [1.165, 1.54) is 24.3 Å². The molecule has 0 saturated carbocycles. The summed E-state index contributed by atoms with van der Waals surface area (Å²) in [5, 5.41) is 0. The molecule has 0 bridgehead atoms. The Morgan fingerprint density at radius 1 is 0.955 bits per heavy atom. The first-order valence-corrected chi connectivity index (χ1v) is 5.86. The molecule has 0 spiro atoms. The Morgan fingerprint density at radius 3 is 2.27 bits per heavy atom. The molecule has 2 rings (SSSR count). The maximum atomic E-state index is 14.1. The van der Waals surface area contributed by atoms with Gasteiger partial charge >= 0.3 is 13.0 Å². The van der Waals surface area contributed by atoms with Crippen LogP contribution in [0.25, 0.3) is 11.1 Å². The van der Waals surface area contributed by atoms with Gasteiger partial charge in [-0.3, -0.25) is 0 Å². The zero-order valence-corrected chi connectivity index (χ0v) is 10.7. The molecular weight excluding hydrogens is 314 g/mol. The molecule has 0 heterocycles. The maximum absolute atomic E-state index is 14.1. The van der Waals surface area contributed by atoms with E-state index in [4.69, 9.17) is 0 Å². The molecule has 0 atom stereocenters. The molecule has 118 valence electrons. The molecule has 0 aliphatic heterocycles. The van der Waals surface area contributed by atoms with E-state index in [2.05, 4.69) is 9.47 Å². The maximum Gasteiger partial charge on any atom is 0.573 e. The van der Waals surface area contributed by atoms with E-state index in [0.29, 0.717) is 0 Å². The molecule has 0 aliphatic carbocycles. The average molecular weight is 322 g/mol. The highest BCUT2D eigenvalue weighted by Crippen LogP contribution is 2.33. The molecule has 8 heteroatoms. The summed E-state index contributed by atoms with van der Waals surface area (Å²) >= 11 is 0. The summed E-state index contributed by atoms with van der Waals surface area (Å²) < 4.78 is 82.6. The van der Waals surface area contributed by atoms with Crippen molar-refractivity contribution >= 4 is 0 Å². The van der Waals surface area contributed by atoms with E-state index in [1.54, 1.807) is 0 Å². The molecule has 0 unspecified atom stereocenters. The fourth-order valence-corrected chi connectivity index (χ4v) is 1.78. The van der Waals surface area contributed by atoms with Crippen molar-refractivity contribution in [1.29, 1.82) is 0 Å². The van der Waals surface area contributed by atoms with Crippen LogP contribution >= 0.6 is 0 Å². The molecule has 0 fully saturated rings. The van der Waals surface area contributed by atoms with Gasteiger partial charge < -0.3 is 9.47 Å². The van der Waals surface area contributed by atoms with Gasteiger partial charge in [0.2, 0.25) is 0 Å². The predicted molar refractivity (Wildman–Crippen MR) is 65.2 cm³/mol. The Kier molecular flexibility index (Phi) is 4.48. The van der Waals surface area contributed by atoms with Crippen LogP contribution in [0.3, 0.4) is 0 Å². The van der Waals surface area contributed by atoms with E-state index in [0.717, 1.165) is 18.2 Å². The zero-order chi connectivity index (χ0) is 16.3. The minimum absolute atomic E-state index is 0.0268. The lowest BCUT2D eigenvalue weighted by molar-refractivity contribution is -0.274. The van der Waals surface area contributed by atoms with Gasteiger partial charge in [0.25, 0.3) is 0 Å². The summed E-state index contributed by atoms with van der Waals surface area (Å²) in [6.07, 6.45) is -4.89. The quantitative estimate of drug-likeness (QED) is 0.738. The Labute approximate surface area is 120 Å². The summed E-state index contributed by atoms with van der Waals surface area (Å²) in [5.74, 6) is -2.36. The average Bonchev–Trinajstić information content (AvgIpc) is 2.39. The van der Waals surface area contributed by atoms with Crippen LogP contribution in [0.15, 0.2) is 42.5 Å². The van der Waals surface area contributed by atoms with Gasteiger partial charge in [-0.15, -0.1) is 13.2 Å². The van der Waals surface area contributed by atoms with Gasteiger partial charge in [0.1, 0.15) is 5.75 Å². The van der Waals surface area contributed by atoms with Gasteiger partial charge in [-0.1, -0.05) is 24.3 Å². The number of hydrogen-bond acceptors (Lipinski definition) is 2. The van der Waals surface area contributed by atoms with Crippen LogP contribution in [0.4, 0.5) is 26.3 Å². The number of hydrogen-bond donors (Lipinski definition) is 0. The minimum atomic E-state index is -4.89. The molecule has 0 radical (unpaired) electrons. The van der Waals surface area contributed by atoms with Crippen LogP contribution < -0.4 is 9.47 Å². The third-order valence-corrected chi connectivity index (χ3v) is 2.56. The topological polar surface area (TPSA) is 18.5 Å². The monoisotopic (exact) mass is 322 g/mol. The van der Waals surface area contributed by atoms with E-state index >= 15 is 0 Å². The molecule has 2 aromatic carbocycles. The number of alkyl halides is 5. The van der Waals surface area contributed by atoms with Crippen LogP contribution in [0.5, 0.6) is 11.5 Å². The standard InChI is InChI=1S/C14H8F6O2/c15-12-10(5-2-6-11(12)21-13(16)17)8-3-1-4-9(7-8)22-14(18,19)20/h1-7,13H. The first-order chi connectivity index (χ1) is 10.3. The van der Waals surface area contributed by atoms with Crippen LogP contribution in [0.1, 0.15) is 0 Å². The summed E-state index contributed by atoms with van der Waals surface area (Å²) in [7, 11) is 0. The van der Waals surface area contributed by atoms with Crippen molar-refractivity contribution in [3.63, 3.8) is 0 Å². The Balaban J connectivity index is 2.38. The molecule has 0 saturated heterocycles.